The van der Waals surface area contributed by atoms with Crippen molar-refractivity contribution in [3.8, 4) is 0 Å². The van der Waals surface area contributed by atoms with E-state index in [0.29, 0.717) is 22.8 Å². The van der Waals surface area contributed by atoms with Crippen LogP contribution in [0.2, 0.25) is 5.02 Å². The first-order valence-electron chi connectivity index (χ1n) is 5.46. The fraction of sp³-hybridized carbons (Fsp3) is 0.333. The number of aromatic nitrogens is 3. The number of rotatable bonds is 3. The van der Waals surface area contributed by atoms with E-state index >= 15 is 0 Å². The lowest BCUT2D eigenvalue weighted by molar-refractivity contribution is 0.208. The molecule has 2 aromatic rings. The Morgan fingerprint density at radius 2 is 2.24 bits per heavy atom. The van der Waals surface area contributed by atoms with Gasteiger partial charge in [-0.1, -0.05) is 35.0 Å². The molecule has 1 unspecified atom stereocenters. The van der Waals surface area contributed by atoms with Crippen molar-refractivity contribution in [3.05, 3.63) is 46.2 Å². The van der Waals surface area contributed by atoms with Gasteiger partial charge in [-0.2, -0.15) is 0 Å². The lowest BCUT2D eigenvalue weighted by Gasteiger charge is -2.14. The minimum Gasteiger partial charge on any atom is -0.382 e. The molecule has 90 valence electrons. The summed E-state index contributed by atoms with van der Waals surface area (Å²) in [6.45, 7) is 4.52. The van der Waals surface area contributed by atoms with Crippen LogP contribution in [0.5, 0.6) is 0 Å². The van der Waals surface area contributed by atoms with E-state index in [1.54, 1.807) is 10.9 Å². The number of aryl methyl sites for hydroxylation is 2. The molecule has 0 spiro atoms. The first-order valence-corrected chi connectivity index (χ1v) is 5.84. The predicted octanol–water partition coefficient (Wildman–Crippen LogP) is 2.34. The van der Waals surface area contributed by atoms with Gasteiger partial charge >= 0.3 is 0 Å². The Bertz CT molecular complexity index is 524. The summed E-state index contributed by atoms with van der Waals surface area (Å²) in [5.41, 5.74) is 2.28. The summed E-state index contributed by atoms with van der Waals surface area (Å²) in [7, 11) is 0. The van der Waals surface area contributed by atoms with E-state index in [1.165, 1.54) is 0 Å². The molecule has 1 N–H and O–H groups in total. The minimum absolute atomic E-state index is 0.587. The summed E-state index contributed by atoms with van der Waals surface area (Å²) < 4.78 is 1.66. The van der Waals surface area contributed by atoms with Crippen molar-refractivity contribution in [1.82, 2.24) is 15.0 Å². The predicted molar refractivity (Wildman–Crippen MR) is 65.9 cm³/mol. The Kier molecular flexibility index (Phi) is 3.45. The standard InChI is InChI=1S/C12H14ClN3O/c1-3-16-10(7-14-15-16)12(17)9-6-4-5-8(2)11(9)13/h4-7,12,17H,3H2,1-2H3. The molecule has 0 radical (unpaired) electrons. The van der Waals surface area contributed by atoms with E-state index in [0.717, 1.165) is 5.56 Å². The van der Waals surface area contributed by atoms with Gasteiger partial charge in [0.2, 0.25) is 0 Å². The number of halogens is 1. The SMILES string of the molecule is CCn1nncc1C(O)c1cccc(C)c1Cl. The van der Waals surface area contributed by atoms with Gasteiger partial charge in [-0.25, -0.2) is 4.68 Å². The Morgan fingerprint density at radius 1 is 1.47 bits per heavy atom. The summed E-state index contributed by atoms with van der Waals surface area (Å²) in [6.07, 6.45) is 0.768. The maximum Gasteiger partial charge on any atom is 0.124 e. The topological polar surface area (TPSA) is 50.9 Å². The van der Waals surface area contributed by atoms with Crippen molar-refractivity contribution in [2.24, 2.45) is 0 Å². The Balaban J connectivity index is 2.44. The van der Waals surface area contributed by atoms with Gasteiger partial charge in [0.25, 0.3) is 0 Å². The molecule has 0 aliphatic carbocycles. The average Bonchev–Trinajstić information content (AvgIpc) is 2.80. The van der Waals surface area contributed by atoms with Gasteiger partial charge < -0.3 is 5.11 Å². The van der Waals surface area contributed by atoms with E-state index in [9.17, 15) is 5.11 Å². The highest BCUT2D eigenvalue weighted by Gasteiger charge is 2.18. The highest BCUT2D eigenvalue weighted by Crippen LogP contribution is 2.29. The van der Waals surface area contributed by atoms with Crippen molar-refractivity contribution in [2.75, 3.05) is 0 Å². The molecule has 1 aromatic carbocycles. The van der Waals surface area contributed by atoms with Crippen LogP contribution in [0.4, 0.5) is 0 Å². The molecule has 4 nitrogen and oxygen atoms in total. The molecule has 1 heterocycles. The van der Waals surface area contributed by atoms with Crippen LogP contribution < -0.4 is 0 Å². The lowest BCUT2D eigenvalue weighted by atomic mass is 10.0. The molecule has 0 amide bonds. The van der Waals surface area contributed by atoms with Crippen molar-refractivity contribution in [2.45, 2.75) is 26.5 Å². The molecule has 17 heavy (non-hydrogen) atoms. The van der Waals surface area contributed by atoms with Crippen LogP contribution in [0.1, 0.15) is 29.8 Å². The molecular weight excluding hydrogens is 238 g/mol. The molecular formula is C12H14ClN3O. The van der Waals surface area contributed by atoms with Crippen LogP contribution in [0.3, 0.4) is 0 Å². The third-order valence-electron chi connectivity index (χ3n) is 2.74. The van der Waals surface area contributed by atoms with Crippen molar-refractivity contribution < 1.29 is 5.11 Å². The quantitative estimate of drug-likeness (QED) is 0.911. The van der Waals surface area contributed by atoms with E-state index in [1.807, 2.05) is 32.0 Å². The van der Waals surface area contributed by atoms with E-state index in [4.69, 9.17) is 11.6 Å². The normalized spacial score (nSPS) is 12.7. The first-order chi connectivity index (χ1) is 8.15. The second kappa shape index (κ2) is 4.85. The first kappa shape index (κ1) is 12.1. The van der Waals surface area contributed by atoms with E-state index in [2.05, 4.69) is 10.3 Å². The number of aliphatic hydroxyl groups excluding tert-OH is 1. The second-order valence-corrected chi connectivity index (χ2v) is 4.23. The Morgan fingerprint density at radius 3 is 2.94 bits per heavy atom. The van der Waals surface area contributed by atoms with Gasteiger partial charge in [-0.3, -0.25) is 0 Å². The monoisotopic (exact) mass is 251 g/mol. The zero-order valence-corrected chi connectivity index (χ0v) is 10.5. The average molecular weight is 252 g/mol. The second-order valence-electron chi connectivity index (χ2n) is 3.86. The molecule has 1 atom stereocenters. The van der Waals surface area contributed by atoms with Crippen molar-refractivity contribution in [1.29, 1.82) is 0 Å². The summed E-state index contributed by atoms with van der Waals surface area (Å²) in [5, 5.41) is 18.6. The fourth-order valence-electron chi connectivity index (χ4n) is 1.76. The summed E-state index contributed by atoms with van der Waals surface area (Å²) >= 11 is 6.19. The van der Waals surface area contributed by atoms with Gasteiger partial charge in [0, 0.05) is 17.1 Å². The molecule has 1 aromatic heterocycles. The number of benzene rings is 1. The Labute approximate surface area is 105 Å². The van der Waals surface area contributed by atoms with Crippen LogP contribution in [-0.4, -0.2) is 20.1 Å². The fourth-order valence-corrected chi connectivity index (χ4v) is 1.99. The molecule has 0 fully saturated rings. The van der Waals surface area contributed by atoms with E-state index in [-0.39, 0.29) is 0 Å². The van der Waals surface area contributed by atoms with Crippen molar-refractivity contribution >= 4 is 11.6 Å². The van der Waals surface area contributed by atoms with Gasteiger partial charge in [0.05, 0.1) is 11.9 Å². The summed E-state index contributed by atoms with van der Waals surface area (Å²) in [4.78, 5) is 0. The van der Waals surface area contributed by atoms with Gasteiger partial charge in [0.1, 0.15) is 6.10 Å². The third-order valence-corrected chi connectivity index (χ3v) is 3.26. The van der Waals surface area contributed by atoms with Crippen LogP contribution in [0.25, 0.3) is 0 Å². The lowest BCUT2D eigenvalue weighted by Crippen LogP contribution is -2.09. The highest BCUT2D eigenvalue weighted by atomic mass is 35.5. The maximum absolute atomic E-state index is 10.3. The Hall–Kier alpha value is -1.39. The molecule has 0 saturated carbocycles. The largest absolute Gasteiger partial charge is 0.382 e. The van der Waals surface area contributed by atoms with Gasteiger partial charge in [-0.05, 0) is 19.4 Å². The minimum atomic E-state index is -0.794. The number of hydrogen-bond acceptors (Lipinski definition) is 3. The molecule has 0 bridgehead atoms. The van der Waals surface area contributed by atoms with Crippen molar-refractivity contribution in [3.63, 3.8) is 0 Å². The van der Waals surface area contributed by atoms with Crippen LogP contribution in [0, 0.1) is 6.92 Å². The van der Waals surface area contributed by atoms with Gasteiger partial charge in [-0.15, -0.1) is 5.10 Å². The molecule has 0 aliphatic rings. The van der Waals surface area contributed by atoms with Crippen LogP contribution >= 0.6 is 11.6 Å². The molecule has 0 saturated heterocycles. The maximum atomic E-state index is 10.3. The van der Waals surface area contributed by atoms with Gasteiger partial charge in [0.15, 0.2) is 0 Å². The molecule has 2 rings (SSSR count). The zero-order chi connectivity index (χ0) is 12.4. The molecule has 0 aliphatic heterocycles. The van der Waals surface area contributed by atoms with Crippen LogP contribution in [-0.2, 0) is 6.54 Å². The zero-order valence-electron chi connectivity index (χ0n) is 9.76. The number of aliphatic hydroxyl groups is 1. The summed E-state index contributed by atoms with van der Waals surface area (Å²) in [5.74, 6) is 0. The van der Waals surface area contributed by atoms with Crippen LogP contribution in [0.15, 0.2) is 24.4 Å². The smallest absolute Gasteiger partial charge is 0.124 e. The number of nitrogens with zero attached hydrogens (tertiary/aromatic N) is 3. The number of hydrogen-bond donors (Lipinski definition) is 1. The third kappa shape index (κ3) is 2.18. The molecule has 5 heteroatoms. The highest BCUT2D eigenvalue weighted by molar-refractivity contribution is 6.32. The van der Waals surface area contributed by atoms with E-state index < -0.39 is 6.10 Å². The summed E-state index contributed by atoms with van der Waals surface area (Å²) in [6, 6.07) is 5.60.